The molecular weight excluding hydrogens is 266 g/mol. The highest BCUT2D eigenvalue weighted by molar-refractivity contribution is 6.30. The molecule has 0 bridgehead atoms. The third-order valence-corrected chi connectivity index (χ3v) is 2.87. The minimum Gasteiger partial charge on any atom is -0.493 e. The zero-order valence-electron chi connectivity index (χ0n) is 10.1. The van der Waals surface area contributed by atoms with Gasteiger partial charge in [-0.15, -0.1) is 0 Å². The Hall–Kier alpha value is -2.07. The molecule has 0 fully saturated rings. The molecule has 2 rings (SSSR count). The Morgan fingerprint density at radius 1 is 1.05 bits per heavy atom. The zero-order chi connectivity index (χ0) is 13.7. The van der Waals surface area contributed by atoms with Gasteiger partial charge in [-0.2, -0.15) is 0 Å². The normalized spacial score (nSPS) is 10.2. The molecular formula is C14H12ClNO3. The summed E-state index contributed by atoms with van der Waals surface area (Å²) in [6.45, 7) is 0.513. The predicted molar refractivity (Wildman–Crippen MR) is 73.7 cm³/mol. The Labute approximate surface area is 115 Å². The lowest BCUT2D eigenvalue weighted by molar-refractivity contribution is -0.384. The molecule has 0 aliphatic rings. The van der Waals surface area contributed by atoms with Gasteiger partial charge in [0.25, 0.3) is 5.69 Å². The van der Waals surface area contributed by atoms with Gasteiger partial charge in [-0.25, -0.2) is 0 Å². The summed E-state index contributed by atoms with van der Waals surface area (Å²) < 4.78 is 5.55. The van der Waals surface area contributed by atoms with Crippen LogP contribution in [0.4, 0.5) is 5.69 Å². The fourth-order valence-corrected chi connectivity index (χ4v) is 1.73. The van der Waals surface area contributed by atoms with Crippen LogP contribution in [0, 0.1) is 10.1 Å². The van der Waals surface area contributed by atoms with Gasteiger partial charge in [0.05, 0.1) is 11.5 Å². The number of halogens is 1. The third-order valence-electron chi connectivity index (χ3n) is 2.62. The Morgan fingerprint density at radius 3 is 2.26 bits per heavy atom. The van der Waals surface area contributed by atoms with E-state index in [9.17, 15) is 10.1 Å². The molecule has 0 saturated carbocycles. The highest BCUT2D eigenvalue weighted by Crippen LogP contribution is 2.16. The van der Waals surface area contributed by atoms with Crippen LogP contribution in [0.3, 0.4) is 0 Å². The summed E-state index contributed by atoms with van der Waals surface area (Å²) in [5.74, 6) is 0.756. The van der Waals surface area contributed by atoms with Crippen molar-refractivity contribution in [2.45, 2.75) is 6.42 Å². The fraction of sp³-hybridized carbons (Fsp3) is 0.143. The first-order valence-electron chi connectivity index (χ1n) is 5.77. The van der Waals surface area contributed by atoms with E-state index in [2.05, 4.69) is 0 Å². The number of nitro groups is 1. The van der Waals surface area contributed by atoms with Crippen LogP contribution >= 0.6 is 11.6 Å². The van der Waals surface area contributed by atoms with Crippen LogP contribution in [-0.2, 0) is 6.42 Å². The molecule has 2 aromatic carbocycles. The molecule has 0 radical (unpaired) electrons. The molecule has 0 saturated heterocycles. The Morgan fingerprint density at radius 2 is 1.68 bits per heavy atom. The van der Waals surface area contributed by atoms with Crippen molar-refractivity contribution < 1.29 is 9.66 Å². The second-order valence-electron chi connectivity index (χ2n) is 3.98. The van der Waals surface area contributed by atoms with E-state index in [-0.39, 0.29) is 5.69 Å². The Balaban J connectivity index is 1.85. The van der Waals surface area contributed by atoms with Gasteiger partial charge in [-0.1, -0.05) is 23.7 Å². The summed E-state index contributed by atoms with van der Waals surface area (Å²) in [5, 5.41) is 11.2. The molecule has 0 aliphatic carbocycles. The lowest BCUT2D eigenvalue weighted by Crippen LogP contribution is -2.01. The predicted octanol–water partition coefficient (Wildman–Crippen LogP) is 3.87. The lowest BCUT2D eigenvalue weighted by atomic mass is 10.1. The van der Waals surface area contributed by atoms with Crippen LogP contribution in [0.15, 0.2) is 48.5 Å². The summed E-state index contributed by atoms with van der Waals surface area (Å²) in [7, 11) is 0. The highest BCUT2D eigenvalue weighted by atomic mass is 35.5. The number of nitrogens with zero attached hydrogens (tertiary/aromatic N) is 1. The molecule has 0 spiro atoms. The van der Waals surface area contributed by atoms with Gasteiger partial charge < -0.3 is 4.74 Å². The SMILES string of the molecule is O=[N+]([O-])c1ccc(CCOc2ccc(Cl)cc2)cc1. The van der Waals surface area contributed by atoms with E-state index in [0.717, 1.165) is 11.3 Å². The van der Waals surface area contributed by atoms with Crippen molar-refractivity contribution in [1.82, 2.24) is 0 Å². The van der Waals surface area contributed by atoms with Crippen molar-refractivity contribution >= 4 is 17.3 Å². The number of hydrogen-bond acceptors (Lipinski definition) is 3. The van der Waals surface area contributed by atoms with E-state index in [1.807, 2.05) is 0 Å². The number of rotatable bonds is 5. The van der Waals surface area contributed by atoms with Gasteiger partial charge in [-0.3, -0.25) is 10.1 Å². The van der Waals surface area contributed by atoms with Crippen LogP contribution in [0.2, 0.25) is 5.02 Å². The smallest absolute Gasteiger partial charge is 0.269 e. The summed E-state index contributed by atoms with van der Waals surface area (Å²) in [6.07, 6.45) is 0.695. The summed E-state index contributed by atoms with van der Waals surface area (Å²) >= 11 is 5.77. The minimum atomic E-state index is -0.409. The van der Waals surface area contributed by atoms with E-state index in [1.165, 1.54) is 12.1 Å². The molecule has 19 heavy (non-hydrogen) atoms. The maximum Gasteiger partial charge on any atom is 0.269 e. The highest BCUT2D eigenvalue weighted by Gasteiger charge is 2.03. The number of ether oxygens (including phenoxy) is 1. The fourth-order valence-electron chi connectivity index (χ4n) is 1.60. The van der Waals surface area contributed by atoms with E-state index in [0.29, 0.717) is 18.1 Å². The summed E-state index contributed by atoms with van der Waals surface area (Å²) in [6, 6.07) is 13.6. The molecule has 2 aromatic rings. The number of hydrogen-bond donors (Lipinski definition) is 0. The largest absolute Gasteiger partial charge is 0.493 e. The van der Waals surface area contributed by atoms with E-state index >= 15 is 0 Å². The summed E-state index contributed by atoms with van der Waals surface area (Å²) in [5.41, 5.74) is 1.10. The van der Waals surface area contributed by atoms with Gasteiger partial charge in [0, 0.05) is 23.6 Å². The van der Waals surface area contributed by atoms with E-state index in [1.54, 1.807) is 36.4 Å². The zero-order valence-corrected chi connectivity index (χ0v) is 10.8. The number of benzene rings is 2. The molecule has 5 heteroatoms. The Bertz CT molecular complexity index is 552. The molecule has 98 valence electrons. The molecule has 0 amide bonds. The monoisotopic (exact) mass is 277 g/mol. The van der Waals surface area contributed by atoms with Crippen LogP contribution in [0.5, 0.6) is 5.75 Å². The van der Waals surface area contributed by atoms with Crippen molar-refractivity contribution in [3.05, 3.63) is 69.2 Å². The van der Waals surface area contributed by atoms with Crippen molar-refractivity contribution in [2.24, 2.45) is 0 Å². The van der Waals surface area contributed by atoms with E-state index < -0.39 is 4.92 Å². The first-order valence-corrected chi connectivity index (χ1v) is 6.14. The first-order chi connectivity index (χ1) is 9.15. The van der Waals surface area contributed by atoms with Crippen molar-refractivity contribution in [3.8, 4) is 5.75 Å². The van der Waals surface area contributed by atoms with Crippen LogP contribution in [0.1, 0.15) is 5.56 Å². The molecule has 0 unspecified atom stereocenters. The number of nitro benzene ring substituents is 1. The molecule has 0 atom stereocenters. The van der Waals surface area contributed by atoms with Crippen molar-refractivity contribution in [1.29, 1.82) is 0 Å². The number of non-ortho nitro benzene ring substituents is 1. The Kier molecular flexibility index (Phi) is 4.36. The van der Waals surface area contributed by atoms with Gasteiger partial charge in [0.1, 0.15) is 5.75 Å². The average molecular weight is 278 g/mol. The molecule has 0 aliphatic heterocycles. The molecule has 0 heterocycles. The van der Waals surface area contributed by atoms with E-state index in [4.69, 9.17) is 16.3 Å². The molecule has 0 N–H and O–H groups in total. The topological polar surface area (TPSA) is 52.4 Å². The van der Waals surface area contributed by atoms with Gasteiger partial charge >= 0.3 is 0 Å². The maximum absolute atomic E-state index is 10.5. The maximum atomic E-state index is 10.5. The summed E-state index contributed by atoms with van der Waals surface area (Å²) in [4.78, 5) is 10.1. The first kappa shape index (κ1) is 13.4. The van der Waals surface area contributed by atoms with Gasteiger partial charge in [0.2, 0.25) is 0 Å². The molecule has 0 aromatic heterocycles. The third kappa shape index (κ3) is 3.96. The van der Waals surface area contributed by atoms with Gasteiger partial charge in [-0.05, 0) is 29.8 Å². The lowest BCUT2D eigenvalue weighted by Gasteiger charge is -2.06. The second-order valence-corrected chi connectivity index (χ2v) is 4.41. The minimum absolute atomic E-state index is 0.0994. The van der Waals surface area contributed by atoms with Crippen LogP contribution in [-0.4, -0.2) is 11.5 Å². The van der Waals surface area contributed by atoms with Gasteiger partial charge in [0.15, 0.2) is 0 Å². The van der Waals surface area contributed by atoms with Crippen molar-refractivity contribution in [3.63, 3.8) is 0 Å². The quantitative estimate of drug-likeness (QED) is 0.616. The van der Waals surface area contributed by atoms with Crippen LogP contribution in [0.25, 0.3) is 0 Å². The molecule has 4 nitrogen and oxygen atoms in total. The average Bonchev–Trinajstić information content (AvgIpc) is 2.41. The van der Waals surface area contributed by atoms with Crippen molar-refractivity contribution in [2.75, 3.05) is 6.61 Å². The standard InChI is InChI=1S/C14H12ClNO3/c15-12-3-7-14(8-4-12)19-10-9-11-1-5-13(6-2-11)16(17)18/h1-8H,9-10H2. The second kappa shape index (κ2) is 6.20. The van der Waals surface area contributed by atoms with Crippen LogP contribution < -0.4 is 4.74 Å².